The van der Waals surface area contributed by atoms with E-state index in [-0.39, 0.29) is 12.0 Å². The Morgan fingerprint density at radius 3 is 2.56 bits per heavy atom. The minimum Gasteiger partial charge on any atom is -0.389 e. The minimum absolute atomic E-state index is 0.254. The van der Waals surface area contributed by atoms with Gasteiger partial charge in [-0.3, -0.25) is 0 Å². The Morgan fingerprint density at radius 1 is 1.44 bits per heavy atom. The van der Waals surface area contributed by atoms with Crippen LogP contribution in [0.4, 0.5) is 0 Å². The Balaban J connectivity index is 2.83. The molecule has 0 amide bonds. The normalized spacial score (nSPS) is 17.4. The molecule has 0 aromatic carbocycles. The van der Waals surface area contributed by atoms with E-state index in [2.05, 4.69) is 37.8 Å². The standard InChI is InChI=1S/C12H23N3O/c1-6-10(4)12(5,16)7-11-13-8-14-15(11)9(2)3/h8-10,16H,6-7H2,1-5H3. The van der Waals surface area contributed by atoms with Crippen molar-refractivity contribution in [2.45, 2.75) is 59.1 Å². The van der Waals surface area contributed by atoms with Crippen LogP contribution in [0, 0.1) is 5.92 Å². The highest BCUT2D eigenvalue weighted by Crippen LogP contribution is 2.24. The molecule has 1 heterocycles. The van der Waals surface area contributed by atoms with Gasteiger partial charge in [0.15, 0.2) is 0 Å². The summed E-state index contributed by atoms with van der Waals surface area (Å²) in [5, 5.41) is 14.6. The molecule has 4 nitrogen and oxygen atoms in total. The molecule has 16 heavy (non-hydrogen) atoms. The molecule has 1 rings (SSSR count). The van der Waals surface area contributed by atoms with Crippen molar-refractivity contribution in [3.8, 4) is 0 Å². The Bertz CT molecular complexity index is 331. The van der Waals surface area contributed by atoms with Crippen LogP contribution in [0.25, 0.3) is 0 Å². The van der Waals surface area contributed by atoms with Crippen molar-refractivity contribution in [1.82, 2.24) is 14.8 Å². The summed E-state index contributed by atoms with van der Waals surface area (Å²) in [5.41, 5.74) is -0.714. The lowest BCUT2D eigenvalue weighted by molar-refractivity contribution is 0.00233. The van der Waals surface area contributed by atoms with E-state index in [9.17, 15) is 5.11 Å². The van der Waals surface area contributed by atoms with Gasteiger partial charge < -0.3 is 5.11 Å². The van der Waals surface area contributed by atoms with Crippen molar-refractivity contribution in [2.24, 2.45) is 5.92 Å². The monoisotopic (exact) mass is 225 g/mol. The second kappa shape index (κ2) is 4.95. The fourth-order valence-corrected chi connectivity index (χ4v) is 1.77. The van der Waals surface area contributed by atoms with Crippen molar-refractivity contribution < 1.29 is 5.11 Å². The molecule has 0 bridgehead atoms. The van der Waals surface area contributed by atoms with Gasteiger partial charge in [0.25, 0.3) is 0 Å². The van der Waals surface area contributed by atoms with E-state index in [0.29, 0.717) is 6.42 Å². The van der Waals surface area contributed by atoms with Crippen LogP contribution >= 0.6 is 0 Å². The van der Waals surface area contributed by atoms with E-state index in [1.54, 1.807) is 6.33 Å². The van der Waals surface area contributed by atoms with Crippen LogP contribution < -0.4 is 0 Å². The first kappa shape index (κ1) is 13.2. The van der Waals surface area contributed by atoms with Crippen molar-refractivity contribution >= 4 is 0 Å². The van der Waals surface area contributed by atoms with Gasteiger partial charge in [0.1, 0.15) is 12.2 Å². The summed E-state index contributed by atoms with van der Waals surface area (Å²) in [6, 6.07) is 0.283. The lowest BCUT2D eigenvalue weighted by atomic mass is 9.85. The summed E-state index contributed by atoms with van der Waals surface area (Å²) in [5.74, 6) is 1.12. The molecule has 1 N–H and O–H groups in total. The van der Waals surface area contributed by atoms with Gasteiger partial charge in [-0.05, 0) is 26.7 Å². The zero-order chi connectivity index (χ0) is 12.3. The maximum atomic E-state index is 10.4. The Labute approximate surface area is 97.7 Å². The molecule has 4 heteroatoms. The first-order valence-electron chi connectivity index (χ1n) is 5.99. The molecule has 2 unspecified atom stereocenters. The highest BCUT2D eigenvalue weighted by molar-refractivity contribution is 4.95. The lowest BCUT2D eigenvalue weighted by Gasteiger charge is -2.29. The van der Waals surface area contributed by atoms with Crippen LogP contribution in [0.3, 0.4) is 0 Å². The van der Waals surface area contributed by atoms with E-state index in [1.807, 2.05) is 11.6 Å². The minimum atomic E-state index is -0.714. The third-order valence-corrected chi connectivity index (χ3v) is 3.33. The molecular weight excluding hydrogens is 202 g/mol. The van der Waals surface area contributed by atoms with Crippen LogP contribution in [0.1, 0.15) is 52.9 Å². The topological polar surface area (TPSA) is 50.9 Å². The van der Waals surface area contributed by atoms with Crippen molar-refractivity contribution in [2.75, 3.05) is 0 Å². The zero-order valence-electron chi connectivity index (χ0n) is 10.9. The fourth-order valence-electron chi connectivity index (χ4n) is 1.77. The van der Waals surface area contributed by atoms with Gasteiger partial charge >= 0.3 is 0 Å². The molecule has 0 aliphatic rings. The number of nitrogens with zero attached hydrogens (tertiary/aromatic N) is 3. The van der Waals surface area contributed by atoms with Gasteiger partial charge in [-0.25, -0.2) is 9.67 Å². The fraction of sp³-hybridized carbons (Fsp3) is 0.833. The molecule has 92 valence electrons. The maximum Gasteiger partial charge on any atom is 0.138 e. The second-order valence-electron chi connectivity index (χ2n) is 5.06. The smallest absolute Gasteiger partial charge is 0.138 e. The van der Waals surface area contributed by atoms with Gasteiger partial charge in [0.2, 0.25) is 0 Å². The van der Waals surface area contributed by atoms with E-state index >= 15 is 0 Å². The van der Waals surface area contributed by atoms with E-state index in [4.69, 9.17) is 0 Å². The quantitative estimate of drug-likeness (QED) is 0.835. The van der Waals surface area contributed by atoms with Gasteiger partial charge in [0.05, 0.1) is 5.60 Å². The SMILES string of the molecule is CCC(C)C(C)(O)Cc1ncnn1C(C)C. The average molecular weight is 225 g/mol. The second-order valence-corrected chi connectivity index (χ2v) is 5.06. The van der Waals surface area contributed by atoms with Gasteiger partial charge in [0, 0.05) is 12.5 Å². The molecule has 0 radical (unpaired) electrons. The van der Waals surface area contributed by atoms with Gasteiger partial charge in [-0.1, -0.05) is 20.3 Å². The molecule has 0 spiro atoms. The molecule has 0 aliphatic carbocycles. The summed E-state index contributed by atoms with van der Waals surface area (Å²) < 4.78 is 1.87. The summed E-state index contributed by atoms with van der Waals surface area (Å²) >= 11 is 0. The highest BCUT2D eigenvalue weighted by atomic mass is 16.3. The van der Waals surface area contributed by atoms with Crippen LogP contribution in [0.2, 0.25) is 0 Å². The third-order valence-electron chi connectivity index (χ3n) is 3.33. The number of aromatic nitrogens is 3. The predicted octanol–water partition coefficient (Wildman–Crippen LogP) is 2.20. The van der Waals surface area contributed by atoms with E-state index in [0.717, 1.165) is 12.2 Å². The summed E-state index contributed by atoms with van der Waals surface area (Å²) in [6.45, 7) is 10.2. The predicted molar refractivity (Wildman–Crippen MR) is 64.2 cm³/mol. The first-order chi connectivity index (χ1) is 7.38. The summed E-state index contributed by atoms with van der Waals surface area (Å²) in [6.07, 6.45) is 3.07. The number of hydrogen-bond donors (Lipinski definition) is 1. The van der Waals surface area contributed by atoms with Crippen LogP contribution in [0.15, 0.2) is 6.33 Å². The van der Waals surface area contributed by atoms with Gasteiger partial charge in [-0.2, -0.15) is 5.10 Å². The molecule has 0 saturated carbocycles. The molecule has 0 saturated heterocycles. The Kier molecular flexibility index (Phi) is 4.08. The largest absolute Gasteiger partial charge is 0.389 e. The van der Waals surface area contributed by atoms with Crippen LogP contribution in [0.5, 0.6) is 0 Å². The molecule has 0 fully saturated rings. The molecular formula is C12H23N3O. The van der Waals surface area contributed by atoms with E-state index < -0.39 is 5.60 Å². The molecule has 1 aromatic rings. The first-order valence-corrected chi connectivity index (χ1v) is 5.99. The summed E-state index contributed by atoms with van der Waals surface area (Å²) in [7, 11) is 0. The zero-order valence-corrected chi connectivity index (χ0v) is 10.9. The molecule has 2 atom stereocenters. The Morgan fingerprint density at radius 2 is 2.06 bits per heavy atom. The van der Waals surface area contributed by atoms with Crippen molar-refractivity contribution in [1.29, 1.82) is 0 Å². The third kappa shape index (κ3) is 2.82. The number of hydrogen-bond acceptors (Lipinski definition) is 3. The number of aliphatic hydroxyl groups is 1. The van der Waals surface area contributed by atoms with Crippen molar-refractivity contribution in [3.63, 3.8) is 0 Å². The summed E-state index contributed by atoms with van der Waals surface area (Å²) in [4.78, 5) is 4.23. The Hall–Kier alpha value is -0.900. The average Bonchev–Trinajstić information content (AvgIpc) is 2.63. The lowest BCUT2D eigenvalue weighted by Crippen LogP contribution is -2.36. The molecule has 0 aliphatic heterocycles. The van der Waals surface area contributed by atoms with Crippen molar-refractivity contribution in [3.05, 3.63) is 12.2 Å². The number of rotatable bonds is 5. The highest BCUT2D eigenvalue weighted by Gasteiger charge is 2.29. The van der Waals surface area contributed by atoms with Crippen LogP contribution in [-0.4, -0.2) is 25.5 Å². The van der Waals surface area contributed by atoms with E-state index in [1.165, 1.54) is 0 Å². The van der Waals surface area contributed by atoms with Gasteiger partial charge in [-0.15, -0.1) is 0 Å². The maximum absolute atomic E-state index is 10.4. The molecule has 1 aromatic heterocycles. The van der Waals surface area contributed by atoms with Crippen LogP contribution in [-0.2, 0) is 6.42 Å².